The van der Waals surface area contributed by atoms with Crippen LogP contribution in [0.25, 0.3) is 0 Å². The Kier molecular flexibility index (Phi) is 7.14. The zero-order valence-corrected chi connectivity index (χ0v) is 18.0. The van der Waals surface area contributed by atoms with Gasteiger partial charge in [-0.15, -0.1) is 17.5 Å². The summed E-state index contributed by atoms with van der Waals surface area (Å²) in [5.41, 5.74) is 2.80. The van der Waals surface area contributed by atoms with Crippen LogP contribution in [0.2, 0.25) is 0 Å². The molecule has 0 saturated carbocycles. The molecule has 2 fully saturated rings. The molecule has 0 atom stereocenters. The van der Waals surface area contributed by atoms with E-state index in [0.29, 0.717) is 24.8 Å². The lowest BCUT2D eigenvalue weighted by molar-refractivity contribution is 0.0589. The monoisotopic (exact) mass is 419 g/mol. The number of hydrogen-bond donors (Lipinski definition) is 1. The van der Waals surface area contributed by atoms with Gasteiger partial charge in [-0.25, -0.2) is 4.68 Å². The number of likely N-dealkylation sites (tertiary alicyclic amines) is 1. The minimum Gasteiger partial charge on any atom is -0.490 e. The molecule has 2 aliphatic rings. The molecular formula is C21H30ClN5O2. The Labute approximate surface area is 178 Å². The number of piperidine rings is 2. The number of halogens is 1. The van der Waals surface area contributed by atoms with Crippen molar-refractivity contribution < 1.29 is 9.53 Å². The van der Waals surface area contributed by atoms with Gasteiger partial charge >= 0.3 is 0 Å². The van der Waals surface area contributed by atoms with E-state index in [4.69, 9.17) is 4.74 Å². The van der Waals surface area contributed by atoms with E-state index < -0.39 is 0 Å². The van der Waals surface area contributed by atoms with Gasteiger partial charge in [0.05, 0.1) is 12.2 Å². The molecule has 3 heterocycles. The first-order valence-corrected chi connectivity index (χ1v) is 10.3. The molecule has 29 heavy (non-hydrogen) atoms. The van der Waals surface area contributed by atoms with E-state index in [0.717, 1.165) is 50.1 Å². The van der Waals surface area contributed by atoms with Crippen LogP contribution in [-0.2, 0) is 0 Å². The van der Waals surface area contributed by atoms with Crippen LogP contribution in [0.3, 0.4) is 0 Å². The van der Waals surface area contributed by atoms with Crippen LogP contribution < -0.4 is 10.1 Å². The van der Waals surface area contributed by atoms with Crippen LogP contribution >= 0.6 is 12.4 Å². The molecule has 1 aromatic heterocycles. The van der Waals surface area contributed by atoms with E-state index >= 15 is 0 Å². The zero-order chi connectivity index (χ0) is 19.5. The van der Waals surface area contributed by atoms with Crippen molar-refractivity contribution in [3.63, 3.8) is 0 Å². The minimum atomic E-state index is -0.0228. The molecule has 4 rings (SSSR count). The number of benzene rings is 1. The third kappa shape index (κ3) is 5.08. The van der Waals surface area contributed by atoms with Crippen molar-refractivity contribution in [1.29, 1.82) is 0 Å². The minimum absolute atomic E-state index is 0. The molecule has 0 bridgehead atoms. The van der Waals surface area contributed by atoms with Crippen molar-refractivity contribution >= 4 is 18.3 Å². The first kappa shape index (κ1) is 21.6. The first-order valence-electron chi connectivity index (χ1n) is 10.3. The Hall–Kier alpha value is -2.12. The molecule has 0 aliphatic carbocycles. The maximum atomic E-state index is 12.8. The Bertz CT molecular complexity index is 826. The Morgan fingerprint density at radius 3 is 2.59 bits per heavy atom. The normalized spacial score (nSPS) is 18.3. The summed E-state index contributed by atoms with van der Waals surface area (Å²) in [5, 5.41) is 11.7. The molecule has 158 valence electrons. The van der Waals surface area contributed by atoms with E-state index in [1.165, 1.54) is 5.56 Å². The fourth-order valence-electron chi connectivity index (χ4n) is 3.98. The second-order valence-corrected chi connectivity index (χ2v) is 7.94. The summed E-state index contributed by atoms with van der Waals surface area (Å²) in [6.45, 7) is 7.50. The van der Waals surface area contributed by atoms with Crippen molar-refractivity contribution in [2.24, 2.45) is 0 Å². The molecule has 0 radical (unpaired) electrons. The van der Waals surface area contributed by atoms with Crippen LogP contribution in [0.1, 0.15) is 53.3 Å². The summed E-state index contributed by atoms with van der Waals surface area (Å²) in [6, 6.07) is 6.62. The molecule has 8 heteroatoms. The summed E-state index contributed by atoms with van der Waals surface area (Å²) in [6.07, 6.45) is 5.69. The number of carbonyl (C=O) groups excluding carboxylic acids is 1. The van der Waals surface area contributed by atoms with Gasteiger partial charge in [-0.3, -0.25) is 4.79 Å². The summed E-state index contributed by atoms with van der Waals surface area (Å²) >= 11 is 0. The van der Waals surface area contributed by atoms with Gasteiger partial charge in [0, 0.05) is 25.9 Å². The van der Waals surface area contributed by atoms with Gasteiger partial charge in [0.15, 0.2) is 5.69 Å². The van der Waals surface area contributed by atoms with Gasteiger partial charge in [0.25, 0.3) is 5.91 Å². The smallest absolute Gasteiger partial charge is 0.276 e. The molecule has 0 spiro atoms. The summed E-state index contributed by atoms with van der Waals surface area (Å²) in [7, 11) is 0. The average Bonchev–Trinajstić information content (AvgIpc) is 3.22. The van der Waals surface area contributed by atoms with Gasteiger partial charge in [0.2, 0.25) is 0 Å². The number of nitrogens with one attached hydrogen (secondary N) is 1. The van der Waals surface area contributed by atoms with E-state index in [1.807, 2.05) is 15.8 Å². The van der Waals surface area contributed by atoms with Gasteiger partial charge in [0.1, 0.15) is 11.9 Å². The SMILES string of the molecule is Cc1ccc(C)c(OC2CCN(C(=O)c3cn(C4CCNCC4)nn3)CC2)c1.Cl. The molecule has 1 N–H and O–H groups in total. The number of carbonyl (C=O) groups is 1. The van der Waals surface area contributed by atoms with Gasteiger partial charge in [-0.2, -0.15) is 0 Å². The molecule has 0 unspecified atom stereocenters. The molecule has 2 saturated heterocycles. The third-order valence-corrected chi connectivity index (χ3v) is 5.78. The molecule has 2 aliphatic heterocycles. The predicted octanol–water partition coefficient (Wildman–Crippen LogP) is 2.92. The second-order valence-electron chi connectivity index (χ2n) is 7.94. The number of hydrogen-bond acceptors (Lipinski definition) is 5. The van der Waals surface area contributed by atoms with E-state index in [2.05, 4.69) is 47.7 Å². The average molecular weight is 420 g/mol. The highest BCUT2D eigenvalue weighted by molar-refractivity contribution is 5.92. The fourth-order valence-corrected chi connectivity index (χ4v) is 3.98. The number of ether oxygens (including phenoxy) is 1. The van der Waals surface area contributed by atoms with Gasteiger partial charge in [-0.1, -0.05) is 17.3 Å². The maximum Gasteiger partial charge on any atom is 0.276 e. The lowest BCUT2D eigenvalue weighted by atomic mass is 10.1. The lowest BCUT2D eigenvalue weighted by Gasteiger charge is -2.32. The molecule has 7 nitrogen and oxygen atoms in total. The van der Waals surface area contributed by atoms with E-state index in [-0.39, 0.29) is 24.4 Å². The van der Waals surface area contributed by atoms with Gasteiger partial charge < -0.3 is 15.0 Å². The van der Waals surface area contributed by atoms with Crippen LogP contribution in [0, 0.1) is 13.8 Å². The van der Waals surface area contributed by atoms with Crippen LogP contribution in [0.15, 0.2) is 24.4 Å². The first-order chi connectivity index (χ1) is 13.6. The summed E-state index contributed by atoms with van der Waals surface area (Å²) < 4.78 is 8.07. The summed E-state index contributed by atoms with van der Waals surface area (Å²) in [5.74, 6) is 0.931. The summed E-state index contributed by atoms with van der Waals surface area (Å²) in [4.78, 5) is 14.7. The fraction of sp³-hybridized carbons (Fsp3) is 0.571. The van der Waals surface area contributed by atoms with Crippen molar-refractivity contribution in [1.82, 2.24) is 25.2 Å². The highest BCUT2D eigenvalue weighted by Gasteiger charge is 2.27. The van der Waals surface area contributed by atoms with Crippen LogP contribution in [-0.4, -0.2) is 58.1 Å². The van der Waals surface area contributed by atoms with Gasteiger partial charge in [-0.05, 0) is 57.0 Å². The molecule has 2 aromatic rings. The number of rotatable bonds is 4. The second kappa shape index (κ2) is 9.59. The third-order valence-electron chi connectivity index (χ3n) is 5.78. The highest BCUT2D eigenvalue weighted by Crippen LogP contribution is 2.24. The van der Waals surface area contributed by atoms with E-state index in [9.17, 15) is 4.79 Å². The van der Waals surface area contributed by atoms with Crippen LogP contribution in [0.4, 0.5) is 0 Å². The highest BCUT2D eigenvalue weighted by atomic mass is 35.5. The number of amides is 1. The number of aromatic nitrogens is 3. The number of aryl methyl sites for hydroxylation is 2. The Morgan fingerprint density at radius 2 is 1.86 bits per heavy atom. The van der Waals surface area contributed by atoms with Crippen molar-refractivity contribution in [2.45, 2.75) is 51.7 Å². The van der Waals surface area contributed by atoms with Crippen molar-refractivity contribution in [3.05, 3.63) is 41.2 Å². The van der Waals surface area contributed by atoms with E-state index in [1.54, 1.807) is 0 Å². The predicted molar refractivity (Wildman–Crippen MR) is 114 cm³/mol. The topological polar surface area (TPSA) is 72.3 Å². The van der Waals surface area contributed by atoms with Crippen molar-refractivity contribution in [2.75, 3.05) is 26.2 Å². The standard InChI is InChI=1S/C21H29N5O2.ClH/c1-15-3-4-16(2)20(13-15)28-18-7-11-25(12-8-18)21(27)19-14-26(24-23-19)17-5-9-22-10-6-17;/h3-4,13-14,17-18,22H,5-12H2,1-2H3;1H. The van der Waals surface area contributed by atoms with Crippen LogP contribution in [0.5, 0.6) is 5.75 Å². The Morgan fingerprint density at radius 1 is 1.14 bits per heavy atom. The largest absolute Gasteiger partial charge is 0.490 e. The Balaban J connectivity index is 0.00000240. The molecule has 1 amide bonds. The zero-order valence-electron chi connectivity index (χ0n) is 17.1. The quantitative estimate of drug-likeness (QED) is 0.824. The van der Waals surface area contributed by atoms with Crippen molar-refractivity contribution in [3.8, 4) is 5.75 Å². The number of nitrogens with zero attached hydrogens (tertiary/aromatic N) is 4. The maximum absolute atomic E-state index is 12.8. The molecular weight excluding hydrogens is 390 g/mol. The lowest BCUT2D eigenvalue weighted by Crippen LogP contribution is -2.42. The molecule has 1 aromatic carbocycles.